The fraction of sp³-hybridized carbons (Fsp3) is 0.200. The maximum absolute atomic E-state index is 13.8. The average Bonchev–Trinajstić information content (AvgIpc) is 2.77. The van der Waals surface area contributed by atoms with Gasteiger partial charge < -0.3 is 0 Å². The SMILES string of the molecule is CC12c3ccccc3C(c3ccccc31)[C@H]1C(=O)NN(c3ccccc3)C(=O)[C@H]12. The highest BCUT2D eigenvalue weighted by atomic mass is 16.2. The van der Waals surface area contributed by atoms with E-state index in [4.69, 9.17) is 0 Å². The van der Waals surface area contributed by atoms with Gasteiger partial charge in [-0.05, 0) is 34.4 Å². The quantitative estimate of drug-likeness (QED) is 0.699. The number of benzene rings is 3. The van der Waals surface area contributed by atoms with Gasteiger partial charge in [0.2, 0.25) is 5.91 Å². The smallest absolute Gasteiger partial charge is 0.250 e. The van der Waals surface area contributed by atoms with Crippen molar-refractivity contribution in [1.82, 2.24) is 5.43 Å². The Morgan fingerprint density at radius 2 is 1.34 bits per heavy atom. The third-order valence-electron chi connectivity index (χ3n) is 7.08. The second-order valence-electron chi connectivity index (χ2n) is 8.34. The van der Waals surface area contributed by atoms with Crippen molar-refractivity contribution in [2.45, 2.75) is 18.3 Å². The highest BCUT2D eigenvalue weighted by Gasteiger charge is 2.63. The molecule has 3 aromatic rings. The van der Waals surface area contributed by atoms with Crippen LogP contribution in [0.1, 0.15) is 35.1 Å². The summed E-state index contributed by atoms with van der Waals surface area (Å²) in [5.41, 5.74) is 7.71. The van der Waals surface area contributed by atoms with Gasteiger partial charge in [-0.25, -0.2) is 5.01 Å². The third kappa shape index (κ3) is 1.93. The van der Waals surface area contributed by atoms with Crippen molar-refractivity contribution < 1.29 is 9.59 Å². The van der Waals surface area contributed by atoms with Crippen molar-refractivity contribution in [3.8, 4) is 0 Å². The summed E-state index contributed by atoms with van der Waals surface area (Å²) in [6.07, 6.45) is 0. The summed E-state index contributed by atoms with van der Waals surface area (Å²) in [6, 6.07) is 26.0. The predicted molar refractivity (Wildman–Crippen MR) is 110 cm³/mol. The van der Waals surface area contributed by atoms with Crippen LogP contribution in [0.3, 0.4) is 0 Å². The van der Waals surface area contributed by atoms with Gasteiger partial charge in [-0.2, -0.15) is 0 Å². The molecule has 1 heterocycles. The van der Waals surface area contributed by atoms with E-state index in [1.54, 1.807) is 0 Å². The molecule has 7 rings (SSSR count). The zero-order valence-electron chi connectivity index (χ0n) is 16.0. The van der Waals surface area contributed by atoms with Crippen molar-refractivity contribution >= 4 is 17.5 Å². The molecule has 0 radical (unpaired) electrons. The van der Waals surface area contributed by atoms with E-state index in [-0.39, 0.29) is 17.7 Å². The standard InChI is InChI=1S/C25H20N2O2/c1-25-18-13-7-5-11-16(18)20(17-12-6-8-14-19(17)25)21-22(25)24(29)27(26-23(21)28)15-9-3-2-4-10-15/h2-14,20-22H,1H3,(H,26,28)/t20?,21-,22+,25?/m1/s1. The van der Waals surface area contributed by atoms with E-state index in [2.05, 4.69) is 36.6 Å². The number of amides is 2. The third-order valence-corrected chi connectivity index (χ3v) is 7.08. The molecule has 2 amide bonds. The molecule has 4 aliphatic rings. The lowest BCUT2D eigenvalue weighted by molar-refractivity contribution is -0.144. The highest BCUT2D eigenvalue weighted by molar-refractivity contribution is 6.06. The van der Waals surface area contributed by atoms with E-state index in [9.17, 15) is 9.59 Å². The minimum absolute atomic E-state index is 0.0442. The van der Waals surface area contributed by atoms with Crippen LogP contribution < -0.4 is 10.4 Å². The fourth-order valence-corrected chi connectivity index (χ4v) is 5.92. The molecular weight excluding hydrogens is 360 g/mol. The van der Waals surface area contributed by atoms with E-state index in [0.717, 1.165) is 0 Å². The summed E-state index contributed by atoms with van der Waals surface area (Å²) in [7, 11) is 0. The van der Waals surface area contributed by atoms with Crippen LogP contribution in [-0.4, -0.2) is 11.8 Å². The molecule has 142 valence electrons. The Balaban J connectivity index is 1.62. The predicted octanol–water partition coefficient (Wildman–Crippen LogP) is 3.76. The lowest BCUT2D eigenvalue weighted by atomic mass is 9.46. The van der Waals surface area contributed by atoms with Gasteiger partial charge in [-0.3, -0.25) is 15.0 Å². The summed E-state index contributed by atoms with van der Waals surface area (Å²) in [4.78, 5) is 27.2. The number of carbonyl (C=O) groups excluding carboxylic acids is 2. The summed E-state index contributed by atoms with van der Waals surface area (Å²) in [5.74, 6) is -1.07. The van der Waals surface area contributed by atoms with Gasteiger partial charge in [0.05, 0.1) is 17.5 Å². The summed E-state index contributed by atoms with van der Waals surface area (Å²) >= 11 is 0. The average molecular weight is 380 g/mol. The Hall–Kier alpha value is -3.40. The number of hydrogen-bond acceptors (Lipinski definition) is 2. The minimum atomic E-state index is -0.547. The minimum Gasteiger partial charge on any atom is -0.273 e. The number of nitrogens with one attached hydrogen (secondary N) is 1. The van der Waals surface area contributed by atoms with E-state index >= 15 is 0 Å². The Bertz CT molecular complexity index is 1120. The van der Waals surface area contributed by atoms with Crippen LogP contribution in [0.15, 0.2) is 78.9 Å². The van der Waals surface area contributed by atoms with Crippen molar-refractivity contribution in [1.29, 1.82) is 0 Å². The second-order valence-corrected chi connectivity index (χ2v) is 8.34. The first-order valence-electron chi connectivity index (χ1n) is 10.0. The number of nitrogens with zero attached hydrogens (tertiary/aromatic N) is 1. The highest BCUT2D eigenvalue weighted by Crippen LogP contribution is 2.62. The van der Waals surface area contributed by atoms with Crippen LogP contribution in [0, 0.1) is 11.8 Å². The number of carbonyl (C=O) groups is 2. The van der Waals surface area contributed by atoms with E-state index in [0.29, 0.717) is 5.69 Å². The molecule has 2 bridgehead atoms. The van der Waals surface area contributed by atoms with Crippen LogP contribution in [-0.2, 0) is 15.0 Å². The monoisotopic (exact) mass is 380 g/mol. The lowest BCUT2D eigenvalue weighted by Crippen LogP contribution is -2.68. The van der Waals surface area contributed by atoms with Crippen molar-refractivity contribution in [2.75, 3.05) is 5.01 Å². The van der Waals surface area contributed by atoms with Crippen LogP contribution >= 0.6 is 0 Å². The zero-order chi connectivity index (χ0) is 19.8. The molecule has 1 N–H and O–H groups in total. The van der Waals surface area contributed by atoms with Crippen LogP contribution in [0.5, 0.6) is 0 Å². The molecule has 0 saturated carbocycles. The summed E-state index contributed by atoms with van der Waals surface area (Å²) < 4.78 is 0. The zero-order valence-corrected chi connectivity index (χ0v) is 16.0. The van der Waals surface area contributed by atoms with Crippen molar-refractivity contribution in [3.05, 3.63) is 101 Å². The first-order valence-corrected chi connectivity index (χ1v) is 10.0. The molecular formula is C25H20N2O2. The molecule has 4 nitrogen and oxygen atoms in total. The van der Waals surface area contributed by atoms with Crippen LogP contribution in [0.2, 0.25) is 0 Å². The fourth-order valence-electron chi connectivity index (χ4n) is 5.92. The van der Waals surface area contributed by atoms with Gasteiger partial charge in [0.1, 0.15) is 0 Å². The molecule has 0 aromatic heterocycles. The van der Waals surface area contributed by atoms with Crippen LogP contribution in [0.4, 0.5) is 5.69 Å². The van der Waals surface area contributed by atoms with E-state index < -0.39 is 17.3 Å². The molecule has 1 saturated heterocycles. The van der Waals surface area contributed by atoms with Crippen molar-refractivity contribution in [3.63, 3.8) is 0 Å². The molecule has 0 spiro atoms. The van der Waals surface area contributed by atoms with Gasteiger partial charge in [0.15, 0.2) is 0 Å². The summed E-state index contributed by atoms with van der Waals surface area (Å²) in [5, 5.41) is 1.45. The first-order chi connectivity index (χ1) is 14.1. The second kappa shape index (κ2) is 5.57. The lowest BCUT2D eigenvalue weighted by Gasteiger charge is -2.57. The van der Waals surface area contributed by atoms with Gasteiger partial charge >= 0.3 is 0 Å². The number of anilines is 1. The first kappa shape index (κ1) is 16.5. The van der Waals surface area contributed by atoms with Crippen LogP contribution in [0.25, 0.3) is 0 Å². The molecule has 2 atom stereocenters. The summed E-state index contributed by atoms with van der Waals surface area (Å²) in [6.45, 7) is 2.14. The largest absolute Gasteiger partial charge is 0.273 e. The topological polar surface area (TPSA) is 49.4 Å². The number of hydrogen-bond donors (Lipinski definition) is 1. The Kier molecular flexibility index (Phi) is 3.18. The van der Waals surface area contributed by atoms with E-state index in [1.807, 2.05) is 54.6 Å². The van der Waals surface area contributed by atoms with Gasteiger partial charge in [-0.15, -0.1) is 0 Å². The number of para-hydroxylation sites is 1. The Morgan fingerprint density at radius 1 is 0.793 bits per heavy atom. The van der Waals surface area contributed by atoms with E-state index in [1.165, 1.54) is 27.3 Å². The molecule has 4 heteroatoms. The van der Waals surface area contributed by atoms with Crippen molar-refractivity contribution in [2.24, 2.45) is 11.8 Å². The maximum Gasteiger partial charge on any atom is 0.250 e. The van der Waals surface area contributed by atoms with Gasteiger partial charge in [0.25, 0.3) is 5.91 Å². The number of hydrazine groups is 1. The molecule has 29 heavy (non-hydrogen) atoms. The molecule has 1 aliphatic heterocycles. The molecule has 1 fully saturated rings. The van der Waals surface area contributed by atoms with Gasteiger partial charge in [-0.1, -0.05) is 73.7 Å². The maximum atomic E-state index is 13.8. The number of rotatable bonds is 1. The molecule has 3 aliphatic carbocycles. The molecule has 3 aromatic carbocycles. The Morgan fingerprint density at radius 3 is 1.97 bits per heavy atom. The van der Waals surface area contributed by atoms with Gasteiger partial charge in [0, 0.05) is 11.3 Å². The normalized spacial score (nSPS) is 29.0. The Labute approximate surface area is 169 Å². The molecule has 0 unspecified atom stereocenters.